The number of fused-ring (bicyclic) bond motifs is 1. The zero-order valence-electron chi connectivity index (χ0n) is 14.6. The molecule has 1 aromatic carbocycles. The summed E-state index contributed by atoms with van der Waals surface area (Å²) in [5.41, 5.74) is 0.582. The number of imide groups is 1. The van der Waals surface area contributed by atoms with Crippen molar-refractivity contribution in [1.29, 1.82) is 0 Å². The molecule has 0 spiro atoms. The number of carbonyl (C=O) groups excluding carboxylic acids is 3. The van der Waals surface area contributed by atoms with Gasteiger partial charge in [-0.3, -0.25) is 24.1 Å². The van der Waals surface area contributed by atoms with E-state index < -0.39 is 29.7 Å². The first-order chi connectivity index (χ1) is 11.8. The normalized spacial score (nSPS) is 14.6. The van der Waals surface area contributed by atoms with Gasteiger partial charge in [0.05, 0.1) is 17.5 Å². The van der Waals surface area contributed by atoms with Gasteiger partial charge >= 0.3 is 5.97 Å². The van der Waals surface area contributed by atoms with Crippen molar-refractivity contribution in [2.45, 2.75) is 33.2 Å². The maximum atomic E-state index is 12.9. The molecule has 1 atom stereocenters. The van der Waals surface area contributed by atoms with Crippen LogP contribution < -0.4 is 0 Å². The van der Waals surface area contributed by atoms with Gasteiger partial charge in [-0.05, 0) is 25.0 Å². The summed E-state index contributed by atoms with van der Waals surface area (Å²) in [6.07, 6.45) is -0.188. The summed E-state index contributed by atoms with van der Waals surface area (Å²) in [5, 5.41) is 8.84. The molecule has 2 rings (SSSR count). The summed E-state index contributed by atoms with van der Waals surface area (Å²) in [7, 11) is 0. The van der Waals surface area contributed by atoms with Crippen molar-refractivity contribution in [3.05, 3.63) is 35.4 Å². The molecular weight excluding hydrogens is 324 g/mol. The van der Waals surface area contributed by atoms with E-state index in [2.05, 4.69) is 0 Å². The Hall–Kier alpha value is -2.70. The van der Waals surface area contributed by atoms with Crippen molar-refractivity contribution >= 4 is 23.7 Å². The van der Waals surface area contributed by atoms with E-state index in [1.807, 2.05) is 0 Å². The highest BCUT2D eigenvalue weighted by molar-refractivity contribution is 6.22. The summed E-state index contributed by atoms with van der Waals surface area (Å²) in [6.45, 7) is 5.60. The molecule has 0 bridgehead atoms. The van der Waals surface area contributed by atoms with Crippen LogP contribution >= 0.6 is 0 Å². The van der Waals surface area contributed by atoms with Crippen LogP contribution in [0.1, 0.15) is 47.9 Å². The number of hydrogen-bond donors (Lipinski definition) is 1. The lowest BCUT2D eigenvalue weighted by Gasteiger charge is -2.33. The Balaban J connectivity index is 2.32. The van der Waals surface area contributed by atoms with Crippen molar-refractivity contribution in [2.75, 3.05) is 13.1 Å². The number of likely N-dealkylation sites (N-methyl/N-ethyl adjacent to an activating group) is 1. The number of carbonyl (C=O) groups is 4. The van der Waals surface area contributed by atoms with Gasteiger partial charge in [-0.25, -0.2) is 0 Å². The van der Waals surface area contributed by atoms with Crippen LogP contribution in [-0.2, 0) is 9.59 Å². The van der Waals surface area contributed by atoms with E-state index in [0.717, 1.165) is 4.90 Å². The number of carboxylic acids is 1. The highest BCUT2D eigenvalue weighted by atomic mass is 16.4. The average molecular weight is 346 g/mol. The molecular formula is C18H22N2O5. The van der Waals surface area contributed by atoms with Crippen LogP contribution in [0.3, 0.4) is 0 Å². The molecule has 0 aliphatic carbocycles. The number of amides is 3. The van der Waals surface area contributed by atoms with Crippen molar-refractivity contribution in [2.24, 2.45) is 5.92 Å². The van der Waals surface area contributed by atoms with Crippen molar-refractivity contribution in [3.8, 4) is 0 Å². The van der Waals surface area contributed by atoms with Gasteiger partial charge in [0.15, 0.2) is 0 Å². The predicted octanol–water partition coefficient (Wildman–Crippen LogP) is 1.63. The minimum atomic E-state index is -1.01. The number of benzene rings is 1. The second kappa shape index (κ2) is 7.46. The van der Waals surface area contributed by atoms with Gasteiger partial charge in [-0.2, -0.15) is 0 Å². The first-order valence-electron chi connectivity index (χ1n) is 8.27. The van der Waals surface area contributed by atoms with E-state index in [-0.39, 0.29) is 18.9 Å². The largest absolute Gasteiger partial charge is 0.481 e. The molecule has 1 N–H and O–H groups in total. The summed E-state index contributed by atoms with van der Waals surface area (Å²) in [4.78, 5) is 51.5. The fourth-order valence-electron chi connectivity index (χ4n) is 3.00. The molecule has 25 heavy (non-hydrogen) atoms. The Bertz CT molecular complexity index is 678. The van der Waals surface area contributed by atoms with Crippen molar-refractivity contribution in [3.63, 3.8) is 0 Å². The molecule has 1 unspecified atom stereocenters. The maximum absolute atomic E-state index is 12.9. The van der Waals surface area contributed by atoms with E-state index >= 15 is 0 Å². The maximum Gasteiger partial charge on any atom is 0.305 e. The highest BCUT2D eigenvalue weighted by Crippen LogP contribution is 2.28. The SMILES string of the molecule is CCN(CCC(=O)O)C(=O)C(C(C)C)N1C(=O)c2ccccc2C1=O. The molecule has 134 valence electrons. The summed E-state index contributed by atoms with van der Waals surface area (Å²) >= 11 is 0. The Kier molecular flexibility index (Phi) is 5.56. The van der Waals surface area contributed by atoms with Crippen LogP contribution in [0.15, 0.2) is 24.3 Å². The lowest BCUT2D eigenvalue weighted by atomic mass is 10.0. The van der Waals surface area contributed by atoms with Crippen molar-refractivity contribution in [1.82, 2.24) is 9.80 Å². The third-order valence-corrected chi connectivity index (χ3v) is 4.28. The predicted molar refractivity (Wildman–Crippen MR) is 90.1 cm³/mol. The summed E-state index contributed by atoms with van der Waals surface area (Å²) < 4.78 is 0. The van der Waals surface area contributed by atoms with Crippen LogP contribution in [0.25, 0.3) is 0 Å². The van der Waals surface area contributed by atoms with Crippen LogP contribution in [0.5, 0.6) is 0 Å². The van der Waals surface area contributed by atoms with Gasteiger partial charge in [0, 0.05) is 13.1 Å². The zero-order chi connectivity index (χ0) is 18.7. The molecule has 0 aromatic heterocycles. The fraction of sp³-hybridized carbons (Fsp3) is 0.444. The van der Waals surface area contributed by atoms with Crippen LogP contribution in [0.2, 0.25) is 0 Å². The summed E-state index contributed by atoms with van der Waals surface area (Å²) in [5.74, 6) is -2.68. The minimum absolute atomic E-state index is 0.0387. The molecule has 1 aliphatic heterocycles. The Morgan fingerprint density at radius 2 is 1.64 bits per heavy atom. The van der Waals surface area contributed by atoms with Gasteiger partial charge in [0.2, 0.25) is 5.91 Å². The zero-order valence-corrected chi connectivity index (χ0v) is 14.6. The third kappa shape index (κ3) is 3.55. The molecule has 3 amide bonds. The Morgan fingerprint density at radius 3 is 2.04 bits per heavy atom. The Labute approximate surface area is 146 Å². The highest BCUT2D eigenvalue weighted by Gasteiger charge is 2.44. The van der Waals surface area contributed by atoms with Gasteiger partial charge in [-0.1, -0.05) is 26.0 Å². The van der Waals surface area contributed by atoms with Gasteiger partial charge in [0.25, 0.3) is 11.8 Å². The quantitative estimate of drug-likeness (QED) is 0.757. The monoisotopic (exact) mass is 346 g/mol. The van der Waals surface area contributed by atoms with E-state index in [1.165, 1.54) is 4.90 Å². The average Bonchev–Trinajstić information content (AvgIpc) is 2.81. The number of carboxylic acid groups (broad SMARTS) is 1. The fourth-order valence-corrected chi connectivity index (χ4v) is 3.00. The smallest absolute Gasteiger partial charge is 0.305 e. The number of nitrogens with zero attached hydrogens (tertiary/aromatic N) is 2. The molecule has 7 nitrogen and oxygen atoms in total. The van der Waals surface area contributed by atoms with Gasteiger partial charge < -0.3 is 10.0 Å². The lowest BCUT2D eigenvalue weighted by molar-refractivity contribution is -0.140. The first-order valence-corrected chi connectivity index (χ1v) is 8.27. The molecule has 0 saturated heterocycles. The standard InChI is InChI=1S/C18H22N2O5/c1-4-19(10-9-14(21)22)18(25)15(11(2)3)20-16(23)12-7-5-6-8-13(12)17(20)24/h5-8,11,15H,4,9-10H2,1-3H3,(H,21,22). The number of rotatable bonds is 7. The molecule has 0 radical (unpaired) electrons. The molecule has 1 heterocycles. The first kappa shape index (κ1) is 18.6. The molecule has 0 saturated carbocycles. The van der Waals surface area contributed by atoms with Gasteiger partial charge in [-0.15, -0.1) is 0 Å². The van der Waals surface area contributed by atoms with Crippen LogP contribution in [-0.4, -0.2) is 57.7 Å². The van der Waals surface area contributed by atoms with E-state index in [0.29, 0.717) is 17.7 Å². The van der Waals surface area contributed by atoms with Crippen LogP contribution in [0.4, 0.5) is 0 Å². The Morgan fingerprint density at radius 1 is 1.12 bits per heavy atom. The second-order valence-electron chi connectivity index (χ2n) is 6.28. The van der Waals surface area contributed by atoms with Crippen molar-refractivity contribution < 1.29 is 24.3 Å². The molecule has 0 fully saturated rings. The molecule has 1 aliphatic rings. The molecule has 7 heteroatoms. The number of aliphatic carboxylic acids is 1. The number of hydrogen-bond acceptors (Lipinski definition) is 4. The van der Waals surface area contributed by atoms with Gasteiger partial charge in [0.1, 0.15) is 6.04 Å². The minimum Gasteiger partial charge on any atom is -0.481 e. The lowest BCUT2D eigenvalue weighted by Crippen LogP contribution is -2.53. The topological polar surface area (TPSA) is 95.0 Å². The summed E-state index contributed by atoms with van der Waals surface area (Å²) in [6, 6.07) is 5.52. The van der Waals surface area contributed by atoms with E-state index in [1.54, 1.807) is 45.0 Å². The van der Waals surface area contributed by atoms with E-state index in [9.17, 15) is 19.2 Å². The van der Waals surface area contributed by atoms with Crippen LogP contribution in [0, 0.1) is 5.92 Å². The third-order valence-electron chi connectivity index (χ3n) is 4.28. The molecule has 1 aromatic rings. The second-order valence-corrected chi connectivity index (χ2v) is 6.28. The van der Waals surface area contributed by atoms with E-state index in [4.69, 9.17) is 5.11 Å².